The van der Waals surface area contributed by atoms with Crippen molar-refractivity contribution >= 4 is 0 Å². The summed E-state index contributed by atoms with van der Waals surface area (Å²) in [5.74, 6) is 1.28. The topological polar surface area (TPSA) is 49.9 Å². The zero-order valence-corrected chi connectivity index (χ0v) is 10.2. The van der Waals surface area contributed by atoms with E-state index in [1.165, 1.54) is 24.1 Å². The largest absolute Gasteiger partial charge is 0.381 e. The lowest BCUT2D eigenvalue weighted by atomic mass is 9.86. The van der Waals surface area contributed by atoms with Crippen LogP contribution in [0.1, 0.15) is 48.8 Å². The van der Waals surface area contributed by atoms with E-state index in [2.05, 4.69) is 15.5 Å². The van der Waals surface area contributed by atoms with Gasteiger partial charge in [0.15, 0.2) is 0 Å². The summed E-state index contributed by atoms with van der Waals surface area (Å²) in [6, 6.07) is 0. The summed E-state index contributed by atoms with van der Waals surface area (Å²) in [4.78, 5) is 0. The minimum Gasteiger partial charge on any atom is -0.381 e. The third-order valence-electron chi connectivity index (χ3n) is 4.07. The van der Waals surface area contributed by atoms with Crippen LogP contribution in [-0.2, 0) is 4.74 Å². The van der Waals surface area contributed by atoms with Gasteiger partial charge in [-0.3, -0.25) is 5.10 Å². The SMILES string of the molecule is c1n[nH]c(C2CCCNC2)c1C1CCOCC1. The van der Waals surface area contributed by atoms with Crippen LogP contribution >= 0.6 is 0 Å². The first-order chi connectivity index (χ1) is 8.45. The number of hydrogen-bond acceptors (Lipinski definition) is 3. The quantitative estimate of drug-likeness (QED) is 0.821. The smallest absolute Gasteiger partial charge is 0.0525 e. The third kappa shape index (κ3) is 2.38. The molecule has 1 atom stereocenters. The molecule has 2 N–H and O–H groups in total. The molecule has 1 aromatic heterocycles. The van der Waals surface area contributed by atoms with Gasteiger partial charge in [0.05, 0.1) is 6.20 Å². The van der Waals surface area contributed by atoms with Gasteiger partial charge in [-0.05, 0) is 43.7 Å². The highest BCUT2D eigenvalue weighted by Gasteiger charge is 2.25. The second-order valence-corrected chi connectivity index (χ2v) is 5.17. The van der Waals surface area contributed by atoms with Crippen LogP contribution in [0.5, 0.6) is 0 Å². The lowest BCUT2D eigenvalue weighted by Crippen LogP contribution is -2.29. The monoisotopic (exact) mass is 235 g/mol. The second kappa shape index (κ2) is 5.19. The Bertz CT molecular complexity index is 319. The fourth-order valence-electron chi connectivity index (χ4n) is 3.06. The Balaban J connectivity index is 1.77. The Labute approximate surface area is 102 Å². The number of piperidine rings is 1. The predicted molar refractivity (Wildman–Crippen MR) is 66.2 cm³/mol. The molecular weight excluding hydrogens is 214 g/mol. The molecule has 1 unspecified atom stereocenters. The summed E-state index contributed by atoms with van der Waals surface area (Å²) >= 11 is 0. The van der Waals surface area contributed by atoms with Crippen molar-refractivity contribution in [1.82, 2.24) is 15.5 Å². The molecule has 3 heterocycles. The van der Waals surface area contributed by atoms with Crippen LogP contribution in [0.2, 0.25) is 0 Å². The zero-order valence-electron chi connectivity index (χ0n) is 10.2. The van der Waals surface area contributed by atoms with Crippen molar-refractivity contribution in [3.8, 4) is 0 Å². The zero-order chi connectivity index (χ0) is 11.5. The Morgan fingerprint density at radius 1 is 1.18 bits per heavy atom. The van der Waals surface area contributed by atoms with E-state index in [4.69, 9.17) is 4.74 Å². The maximum absolute atomic E-state index is 5.44. The Kier molecular flexibility index (Phi) is 3.43. The number of hydrogen-bond donors (Lipinski definition) is 2. The van der Waals surface area contributed by atoms with E-state index in [1.54, 1.807) is 0 Å². The van der Waals surface area contributed by atoms with E-state index in [0.717, 1.165) is 39.1 Å². The van der Waals surface area contributed by atoms with Gasteiger partial charge < -0.3 is 10.1 Å². The molecule has 3 rings (SSSR count). The van der Waals surface area contributed by atoms with Crippen LogP contribution in [0, 0.1) is 0 Å². The molecule has 0 amide bonds. The van der Waals surface area contributed by atoms with Crippen LogP contribution in [0.15, 0.2) is 6.20 Å². The van der Waals surface area contributed by atoms with Gasteiger partial charge in [0.25, 0.3) is 0 Å². The van der Waals surface area contributed by atoms with Crippen LogP contribution in [0.4, 0.5) is 0 Å². The van der Waals surface area contributed by atoms with E-state index < -0.39 is 0 Å². The lowest BCUT2D eigenvalue weighted by Gasteiger charge is -2.26. The van der Waals surface area contributed by atoms with Crippen molar-refractivity contribution < 1.29 is 4.74 Å². The van der Waals surface area contributed by atoms with Crippen LogP contribution < -0.4 is 5.32 Å². The molecule has 2 saturated heterocycles. The average molecular weight is 235 g/mol. The van der Waals surface area contributed by atoms with Crippen molar-refractivity contribution in [1.29, 1.82) is 0 Å². The number of H-pyrrole nitrogens is 1. The summed E-state index contributed by atoms with van der Waals surface area (Å²) in [7, 11) is 0. The number of ether oxygens (including phenoxy) is 1. The number of nitrogens with zero attached hydrogens (tertiary/aromatic N) is 1. The fourth-order valence-corrected chi connectivity index (χ4v) is 3.06. The normalized spacial score (nSPS) is 27.2. The lowest BCUT2D eigenvalue weighted by molar-refractivity contribution is 0.0850. The highest BCUT2D eigenvalue weighted by molar-refractivity contribution is 5.26. The highest BCUT2D eigenvalue weighted by atomic mass is 16.5. The molecule has 0 saturated carbocycles. The molecule has 0 aromatic carbocycles. The first kappa shape index (κ1) is 11.2. The number of aromatic amines is 1. The summed E-state index contributed by atoms with van der Waals surface area (Å²) in [6.07, 6.45) is 6.89. The van der Waals surface area contributed by atoms with Gasteiger partial charge in [0.1, 0.15) is 0 Å². The van der Waals surface area contributed by atoms with Gasteiger partial charge >= 0.3 is 0 Å². The maximum atomic E-state index is 5.44. The van der Waals surface area contributed by atoms with Crippen LogP contribution in [0.25, 0.3) is 0 Å². The van der Waals surface area contributed by atoms with E-state index >= 15 is 0 Å². The minimum absolute atomic E-state index is 0.629. The molecule has 2 fully saturated rings. The summed E-state index contributed by atoms with van der Waals surface area (Å²) in [5, 5.41) is 11.0. The molecule has 0 spiro atoms. The van der Waals surface area contributed by atoms with Crippen molar-refractivity contribution in [3.63, 3.8) is 0 Å². The van der Waals surface area contributed by atoms with Gasteiger partial charge in [-0.1, -0.05) is 0 Å². The molecule has 4 nitrogen and oxygen atoms in total. The molecular formula is C13H21N3O. The molecule has 2 aliphatic rings. The molecule has 1 aromatic rings. The highest BCUT2D eigenvalue weighted by Crippen LogP contribution is 2.33. The fraction of sp³-hybridized carbons (Fsp3) is 0.769. The molecule has 2 aliphatic heterocycles. The first-order valence-corrected chi connectivity index (χ1v) is 6.77. The van der Waals surface area contributed by atoms with Crippen molar-refractivity contribution in [2.75, 3.05) is 26.3 Å². The van der Waals surface area contributed by atoms with Crippen LogP contribution in [-0.4, -0.2) is 36.5 Å². The second-order valence-electron chi connectivity index (χ2n) is 5.17. The molecule has 0 aliphatic carbocycles. The van der Waals surface area contributed by atoms with Crippen molar-refractivity contribution in [3.05, 3.63) is 17.5 Å². The van der Waals surface area contributed by atoms with E-state index in [1.807, 2.05) is 6.20 Å². The Hall–Kier alpha value is -0.870. The molecule has 17 heavy (non-hydrogen) atoms. The van der Waals surface area contributed by atoms with E-state index in [0.29, 0.717) is 11.8 Å². The minimum atomic E-state index is 0.629. The summed E-state index contributed by atoms with van der Waals surface area (Å²) in [6.45, 7) is 4.06. The Morgan fingerprint density at radius 3 is 2.82 bits per heavy atom. The van der Waals surface area contributed by atoms with Gasteiger partial charge in [0, 0.05) is 31.4 Å². The molecule has 0 bridgehead atoms. The van der Waals surface area contributed by atoms with Crippen molar-refractivity contribution in [2.24, 2.45) is 0 Å². The van der Waals surface area contributed by atoms with Gasteiger partial charge in [-0.2, -0.15) is 5.10 Å². The third-order valence-corrected chi connectivity index (χ3v) is 4.07. The summed E-state index contributed by atoms with van der Waals surface area (Å²) < 4.78 is 5.44. The predicted octanol–water partition coefficient (Wildman–Crippen LogP) is 1.77. The number of rotatable bonds is 2. The van der Waals surface area contributed by atoms with Crippen molar-refractivity contribution in [2.45, 2.75) is 37.5 Å². The Morgan fingerprint density at radius 2 is 2.06 bits per heavy atom. The summed E-state index contributed by atoms with van der Waals surface area (Å²) in [5.41, 5.74) is 2.83. The van der Waals surface area contributed by atoms with E-state index in [9.17, 15) is 0 Å². The first-order valence-electron chi connectivity index (χ1n) is 6.77. The number of aromatic nitrogens is 2. The van der Waals surface area contributed by atoms with Gasteiger partial charge in [0.2, 0.25) is 0 Å². The average Bonchev–Trinajstić information content (AvgIpc) is 2.90. The van der Waals surface area contributed by atoms with Crippen LogP contribution in [0.3, 0.4) is 0 Å². The van der Waals surface area contributed by atoms with Gasteiger partial charge in [-0.25, -0.2) is 0 Å². The number of nitrogens with one attached hydrogen (secondary N) is 2. The molecule has 4 heteroatoms. The van der Waals surface area contributed by atoms with Gasteiger partial charge in [-0.15, -0.1) is 0 Å². The molecule has 94 valence electrons. The molecule has 0 radical (unpaired) electrons. The standard InChI is InChI=1S/C13H21N3O/c1-2-11(8-14-5-1)13-12(9-15-16-13)10-3-6-17-7-4-10/h9-11,14H,1-8H2,(H,15,16). The van der Waals surface area contributed by atoms with E-state index in [-0.39, 0.29) is 0 Å². The maximum Gasteiger partial charge on any atom is 0.0525 e.